The maximum absolute atomic E-state index is 13.2. The molecule has 33 heavy (non-hydrogen) atoms. The Bertz CT molecular complexity index is 1120. The van der Waals surface area contributed by atoms with E-state index in [-0.39, 0.29) is 35.5 Å². The van der Waals surface area contributed by atoms with Crippen LogP contribution in [-0.2, 0) is 11.3 Å². The fourth-order valence-electron chi connectivity index (χ4n) is 3.18. The fourth-order valence-corrected chi connectivity index (χ4v) is 3.40. The number of nitro groups is 1. The van der Waals surface area contributed by atoms with Crippen molar-refractivity contribution in [3.05, 3.63) is 69.1 Å². The maximum atomic E-state index is 13.2. The van der Waals surface area contributed by atoms with Gasteiger partial charge >= 0.3 is 0 Å². The monoisotopic (exact) mass is 473 g/mol. The third-order valence-corrected chi connectivity index (χ3v) is 5.07. The molecule has 0 saturated heterocycles. The number of anilines is 1. The molecule has 1 N–H and O–H groups in total. The molecule has 0 bridgehead atoms. The summed E-state index contributed by atoms with van der Waals surface area (Å²) in [4.78, 5) is 25.7. The number of methoxy groups -OCH3 is 1. The Morgan fingerprint density at radius 3 is 2.76 bits per heavy atom. The zero-order chi connectivity index (χ0) is 23.8. The normalized spacial score (nSPS) is 10.8. The van der Waals surface area contributed by atoms with Gasteiger partial charge in [0, 0.05) is 31.8 Å². The molecule has 0 spiro atoms. The summed E-state index contributed by atoms with van der Waals surface area (Å²) in [5, 5.41) is 23.0. The molecule has 0 aliphatic heterocycles. The zero-order valence-electron chi connectivity index (χ0n) is 18.3. The van der Waals surface area contributed by atoms with Crippen molar-refractivity contribution in [2.24, 2.45) is 0 Å². The molecule has 11 heteroatoms. The van der Waals surface area contributed by atoms with Crippen LogP contribution in [0.2, 0.25) is 5.02 Å². The Labute approximate surface area is 195 Å². The van der Waals surface area contributed by atoms with Crippen LogP contribution < -0.4 is 5.32 Å². The van der Waals surface area contributed by atoms with Crippen molar-refractivity contribution in [2.45, 2.75) is 19.9 Å². The number of nitrogens with zero attached hydrogens (tertiary/aromatic N) is 4. The van der Waals surface area contributed by atoms with E-state index >= 15 is 0 Å². The second kappa shape index (κ2) is 11.4. The average Bonchev–Trinajstić information content (AvgIpc) is 3.27. The van der Waals surface area contributed by atoms with Gasteiger partial charge in [-0.15, -0.1) is 10.2 Å². The topological polar surface area (TPSA) is 124 Å². The molecule has 10 nitrogen and oxygen atoms in total. The molecule has 1 amide bonds. The standard InChI is InChI=1S/C22H24ClN5O5/c1-3-11-27(14-20-25-26-21(33-20)16-6-4-5-7-17(16)23)22(29)15-8-9-18(24-10-12-32-2)19(13-15)28(30)31/h4-9,13,24H,3,10-12,14H2,1-2H3. The first-order valence-corrected chi connectivity index (χ1v) is 10.7. The number of aromatic nitrogens is 2. The number of halogens is 1. The van der Waals surface area contributed by atoms with Crippen molar-refractivity contribution >= 4 is 28.9 Å². The van der Waals surface area contributed by atoms with Crippen LogP contribution in [0.3, 0.4) is 0 Å². The molecule has 0 aliphatic carbocycles. The minimum atomic E-state index is -0.524. The van der Waals surface area contributed by atoms with Crippen LogP contribution in [-0.4, -0.2) is 52.7 Å². The summed E-state index contributed by atoms with van der Waals surface area (Å²) < 4.78 is 10.7. The highest BCUT2D eigenvalue weighted by Crippen LogP contribution is 2.28. The first-order chi connectivity index (χ1) is 15.9. The molecule has 0 atom stereocenters. The fraction of sp³-hybridized carbons (Fsp3) is 0.318. The smallest absolute Gasteiger partial charge is 0.293 e. The Hall–Kier alpha value is -3.50. The number of nitrogens with one attached hydrogen (secondary N) is 1. The van der Waals surface area contributed by atoms with Gasteiger partial charge < -0.3 is 19.4 Å². The molecule has 174 valence electrons. The minimum Gasteiger partial charge on any atom is -0.419 e. The number of hydrogen-bond donors (Lipinski definition) is 1. The van der Waals surface area contributed by atoms with Gasteiger partial charge in [0.05, 0.1) is 28.7 Å². The predicted octanol–water partition coefficient (Wildman–Crippen LogP) is 4.41. The highest BCUT2D eigenvalue weighted by molar-refractivity contribution is 6.33. The van der Waals surface area contributed by atoms with E-state index in [1.54, 1.807) is 37.4 Å². The third kappa shape index (κ3) is 6.05. The number of benzene rings is 2. The van der Waals surface area contributed by atoms with Gasteiger partial charge in [-0.3, -0.25) is 14.9 Å². The van der Waals surface area contributed by atoms with Crippen LogP contribution >= 0.6 is 11.6 Å². The SMILES string of the molecule is CCCN(Cc1nnc(-c2ccccc2Cl)o1)C(=O)c1ccc(NCCOC)c([N+](=O)[O-])c1. The van der Waals surface area contributed by atoms with E-state index in [0.29, 0.717) is 42.4 Å². The van der Waals surface area contributed by atoms with Crippen LogP contribution in [0.5, 0.6) is 0 Å². The van der Waals surface area contributed by atoms with Crippen LogP contribution in [0.1, 0.15) is 29.6 Å². The van der Waals surface area contributed by atoms with Crippen LogP contribution in [0.15, 0.2) is 46.9 Å². The van der Waals surface area contributed by atoms with Gasteiger partial charge in [0.1, 0.15) is 5.69 Å². The van der Waals surface area contributed by atoms with Gasteiger partial charge in [-0.1, -0.05) is 30.7 Å². The van der Waals surface area contributed by atoms with E-state index in [1.165, 1.54) is 17.0 Å². The van der Waals surface area contributed by atoms with Gasteiger partial charge in [-0.05, 0) is 30.7 Å². The Morgan fingerprint density at radius 1 is 1.27 bits per heavy atom. The van der Waals surface area contributed by atoms with Crippen molar-refractivity contribution in [1.29, 1.82) is 0 Å². The lowest BCUT2D eigenvalue weighted by atomic mass is 10.1. The van der Waals surface area contributed by atoms with Crippen LogP contribution in [0, 0.1) is 10.1 Å². The zero-order valence-corrected chi connectivity index (χ0v) is 19.0. The van der Waals surface area contributed by atoms with Crippen LogP contribution in [0.4, 0.5) is 11.4 Å². The molecule has 3 rings (SSSR count). The molecule has 0 saturated carbocycles. The average molecular weight is 474 g/mol. The highest BCUT2D eigenvalue weighted by atomic mass is 35.5. The van der Waals surface area contributed by atoms with Gasteiger partial charge in [-0.2, -0.15) is 0 Å². The number of amides is 1. The molecular weight excluding hydrogens is 450 g/mol. The number of ether oxygens (including phenoxy) is 1. The van der Waals surface area contributed by atoms with E-state index in [2.05, 4.69) is 15.5 Å². The summed E-state index contributed by atoms with van der Waals surface area (Å²) in [5.41, 5.74) is 0.917. The lowest BCUT2D eigenvalue weighted by Crippen LogP contribution is -2.31. The summed E-state index contributed by atoms with van der Waals surface area (Å²) in [7, 11) is 1.54. The van der Waals surface area contributed by atoms with Crippen molar-refractivity contribution in [2.75, 3.05) is 32.1 Å². The summed E-state index contributed by atoms with van der Waals surface area (Å²) in [6, 6.07) is 11.4. The number of carbonyl (C=O) groups excluding carboxylic acids is 1. The first-order valence-electron chi connectivity index (χ1n) is 10.3. The predicted molar refractivity (Wildman–Crippen MR) is 123 cm³/mol. The Kier molecular flexibility index (Phi) is 8.34. The van der Waals surface area contributed by atoms with E-state index in [0.717, 1.165) is 0 Å². The number of rotatable bonds is 11. The van der Waals surface area contributed by atoms with Crippen molar-refractivity contribution in [3.8, 4) is 11.5 Å². The number of nitro benzene ring substituents is 1. The van der Waals surface area contributed by atoms with E-state index in [1.807, 2.05) is 6.92 Å². The largest absolute Gasteiger partial charge is 0.419 e. The van der Waals surface area contributed by atoms with Crippen LogP contribution in [0.25, 0.3) is 11.5 Å². The maximum Gasteiger partial charge on any atom is 0.293 e. The van der Waals surface area contributed by atoms with E-state index in [9.17, 15) is 14.9 Å². The van der Waals surface area contributed by atoms with Gasteiger partial charge in [0.15, 0.2) is 0 Å². The second-order valence-electron chi connectivity index (χ2n) is 7.12. The number of hydrogen-bond acceptors (Lipinski definition) is 8. The van der Waals surface area contributed by atoms with Crippen molar-refractivity contribution in [3.63, 3.8) is 0 Å². The van der Waals surface area contributed by atoms with Gasteiger partial charge in [0.2, 0.25) is 11.8 Å². The van der Waals surface area contributed by atoms with Gasteiger partial charge in [-0.25, -0.2) is 0 Å². The molecular formula is C22H24ClN5O5. The molecule has 0 radical (unpaired) electrons. The molecule has 0 aliphatic rings. The Balaban J connectivity index is 1.81. The molecule has 0 fully saturated rings. The molecule has 1 heterocycles. The summed E-state index contributed by atoms with van der Waals surface area (Å²) in [6.07, 6.45) is 0.677. The lowest BCUT2D eigenvalue weighted by molar-refractivity contribution is -0.384. The number of carbonyl (C=O) groups is 1. The van der Waals surface area contributed by atoms with E-state index < -0.39 is 4.92 Å². The Morgan fingerprint density at radius 2 is 2.06 bits per heavy atom. The summed E-state index contributed by atoms with van der Waals surface area (Å²) in [5.74, 6) is 0.113. The quantitative estimate of drug-likeness (QED) is 0.247. The molecule has 3 aromatic rings. The van der Waals surface area contributed by atoms with Crippen molar-refractivity contribution in [1.82, 2.24) is 15.1 Å². The molecule has 1 aromatic heterocycles. The minimum absolute atomic E-state index is 0.0613. The summed E-state index contributed by atoms with van der Waals surface area (Å²) >= 11 is 6.19. The highest BCUT2D eigenvalue weighted by Gasteiger charge is 2.23. The third-order valence-electron chi connectivity index (χ3n) is 4.74. The molecule has 2 aromatic carbocycles. The van der Waals surface area contributed by atoms with Gasteiger partial charge in [0.25, 0.3) is 11.6 Å². The summed E-state index contributed by atoms with van der Waals surface area (Å²) in [6.45, 7) is 3.19. The van der Waals surface area contributed by atoms with E-state index in [4.69, 9.17) is 20.8 Å². The first kappa shape index (κ1) is 24.1. The van der Waals surface area contributed by atoms with Crippen molar-refractivity contribution < 1.29 is 18.9 Å². The second-order valence-corrected chi connectivity index (χ2v) is 7.52. The lowest BCUT2D eigenvalue weighted by Gasteiger charge is -2.20. The molecule has 0 unspecified atom stereocenters.